The first-order valence-corrected chi connectivity index (χ1v) is 10.0. The van der Waals surface area contributed by atoms with Crippen LogP contribution in [0.3, 0.4) is 0 Å². The number of hydrogen-bond donors (Lipinski definition) is 2. The Morgan fingerprint density at radius 2 is 2.03 bits per heavy atom. The highest BCUT2D eigenvalue weighted by atomic mass is 35.5. The fraction of sp³-hybridized carbons (Fsp3) is 0.300. The lowest BCUT2D eigenvalue weighted by atomic mass is 9.93. The number of primary amides is 1. The number of nitriles is 1. The minimum absolute atomic E-state index is 0.240. The summed E-state index contributed by atoms with van der Waals surface area (Å²) in [5.41, 5.74) is 6.73. The molecule has 30 heavy (non-hydrogen) atoms. The van der Waals surface area contributed by atoms with Gasteiger partial charge in [0, 0.05) is 43.3 Å². The lowest BCUT2D eigenvalue weighted by Crippen LogP contribution is -2.46. The summed E-state index contributed by atoms with van der Waals surface area (Å²) in [7, 11) is 0. The number of aromatic nitrogens is 3. The molecule has 1 aliphatic heterocycles. The van der Waals surface area contributed by atoms with Gasteiger partial charge in [-0.2, -0.15) is 10.2 Å². The van der Waals surface area contributed by atoms with Crippen molar-refractivity contribution in [1.29, 1.82) is 5.26 Å². The summed E-state index contributed by atoms with van der Waals surface area (Å²) in [4.78, 5) is 25.3. The molecule has 8 nitrogen and oxygen atoms in total. The minimum Gasteiger partial charge on any atom is -0.443 e. The van der Waals surface area contributed by atoms with Gasteiger partial charge in [0.25, 0.3) is 0 Å². The summed E-state index contributed by atoms with van der Waals surface area (Å²) in [6, 6.07) is 7.49. The van der Waals surface area contributed by atoms with Gasteiger partial charge in [0.2, 0.25) is 5.95 Å². The third-order valence-corrected chi connectivity index (χ3v) is 6.14. The molecular formula is C20H18Cl2N6O2. The van der Waals surface area contributed by atoms with Gasteiger partial charge in [-0.15, -0.1) is 0 Å². The summed E-state index contributed by atoms with van der Waals surface area (Å²) >= 11 is 12.5. The van der Waals surface area contributed by atoms with Crippen LogP contribution in [0.2, 0.25) is 10.0 Å². The number of nitrogens with two attached hydrogens (primary N) is 1. The Balaban J connectivity index is 1.70. The second kappa shape index (κ2) is 7.67. The quantitative estimate of drug-likeness (QED) is 0.622. The molecule has 0 spiro atoms. The van der Waals surface area contributed by atoms with Crippen LogP contribution in [-0.2, 0) is 4.74 Å². The number of aromatic amines is 1. The Morgan fingerprint density at radius 3 is 2.70 bits per heavy atom. The van der Waals surface area contributed by atoms with E-state index in [1.807, 2.05) is 17.9 Å². The molecule has 4 rings (SSSR count). The Bertz CT molecular complexity index is 1180. The van der Waals surface area contributed by atoms with Crippen LogP contribution in [0.1, 0.15) is 25.5 Å². The number of piperidine rings is 1. The molecule has 0 bridgehead atoms. The number of ether oxygens (including phenoxy) is 1. The van der Waals surface area contributed by atoms with Crippen LogP contribution in [0.25, 0.3) is 22.2 Å². The summed E-state index contributed by atoms with van der Waals surface area (Å²) in [5, 5.41) is 11.2. The van der Waals surface area contributed by atoms with E-state index in [1.54, 1.807) is 18.3 Å². The van der Waals surface area contributed by atoms with E-state index in [4.69, 9.17) is 33.7 Å². The predicted molar refractivity (Wildman–Crippen MR) is 115 cm³/mol. The SMILES string of the molecule is CC1(OC(N)=O)CCN(c2nc(C#N)c3c(-c4cccc(Cl)c4Cl)c[nH]c3n2)CC1. The van der Waals surface area contributed by atoms with Crippen LogP contribution in [-0.4, -0.2) is 39.7 Å². The van der Waals surface area contributed by atoms with Crippen molar-refractivity contribution in [2.24, 2.45) is 5.73 Å². The number of carbonyl (C=O) groups is 1. The van der Waals surface area contributed by atoms with E-state index in [2.05, 4.69) is 21.0 Å². The number of benzene rings is 1. The second-order valence-electron chi connectivity index (χ2n) is 7.37. The van der Waals surface area contributed by atoms with E-state index in [0.29, 0.717) is 64.1 Å². The van der Waals surface area contributed by atoms with E-state index < -0.39 is 11.7 Å². The van der Waals surface area contributed by atoms with Gasteiger partial charge < -0.3 is 20.4 Å². The van der Waals surface area contributed by atoms with Gasteiger partial charge >= 0.3 is 6.09 Å². The van der Waals surface area contributed by atoms with Crippen molar-refractivity contribution in [3.05, 3.63) is 40.1 Å². The summed E-state index contributed by atoms with van der Waals surface area (Å²) in [6.45, 7) is 2.98. The van der Waals surface area contributed by atoms with Crippen LogP contribution in [0, 0.1) is 11.3 Å². The molecule has 154 valence electrons. The number of H-pyrrole nitrogens is 1. The molecule has 3 aromatic rings. The monoisotopic (exact) mass is 444 g/mol. The average molecular weight is 445 g/mol. The third kappa shape index (κ3) is 3.62. The number of fused-ring (bicyclic) bond motifs is 1. The predicted octanol–water partition coefficient (Wildman–Crippen LogP) is 4.26. The van der Waals surface area contributed by atoms with Crippen LogP contribution >= 0.6 is 23.2 Å². The van der Waals surface area contributed by atoms with Gasteiger partial charge in [-0.1, -0.05) is 35.3 Å². The summed E-state index contributed by atoms with van der Waals surface area (Å²) in [5.74, 6) is 0.436. The molecule has 0 atom stereocenters. The van der Waals surface area contributed by atoms with E-state index in [9.17, 15) is 10.1 Å². The van der Waals surface area contributed by atoms with E-state index >= 15 is 0 Å². The van der Waals surface area contributed by atoms with Crippen LogP contribution in [0.4, 0.5) is 10.7 Å². The zero-order valence-electron chi connectivity index (χ0n) is 16.1. The smallest absolute Gasteiger partial charge is 0.405 e. The van der Waals surface area contributed by atoms with E-state index in [0.717, 1.165) is 0 Å². The highest BCUT2D eigenvalue weighted by Crippen LogP contribution is 2.38. The Morgan fingerprint density at radius 1 is 1.30 bits per heavy atom. The first-order valence-electron chi connectivity index (χ1n) is 9.28. The average Bonchev–Trinajstić information content (AvgIpc) is 3.13. The molecule has 1 saturated heterocycles. The molecule has 0 saturated carbocycles. The van der Waals surface area contributed by atoms with Gasteiger partial charge in [0.15, 0.2) is 5.69 Å². The minimum atomic E-state index is -0.783. The number of amides is 1. The molecular weight excluding hydrogens is 427 g/mol. The molecule has 0 aliphatic carbocycles. The van der Waals surface area contributed by atoms with Crippen molar-refractivity contribution >= 4 is 46.3 Å². The third-order valence-electron chi connectivity index (χ3n) is 5.32. The van der Waals surface area contributed by atoms with Gasteiger partial charge in [-0.3, -0.25) is 0 Å². The zero-order chi connectivity index (χ0) is 21.5. The van der Waals surface area contributed by atoms with Gasteiger partial charge in [-0.05, 0) is 13.0 Å². The van der Waals surface area contributed by atoms with Gasteiger partial charge in [-0.25, -0.2) is 9.78 Å². The topological polar surface area (TPSA) is 121 Å². The van der Waals surface area contributed by atoms with Gasteiger partial charge in [0.1, 0.15) is 17.3 Å². The number of halogens is 2. The summed E-state index contributed by atoms with van der Waals surface area (Å²) in [6.07, 6.45) is 2.12. The normalized spacial score (nSPS) is 15.7. The largest absolute Gasteiger partial charge is 0.443 e. The molecule has 2 aromatic heterocycles. The molecule has 3 heterocycles. The fourth-order valence-electron chi connectivity index (χ4n) is 3.69. The lowest BCUT2D eigenvalue weighted by Gasteiger charge is -2.38. The number of nitrogens with zero attached hydrogens (tertiary/aromatic N) is 4. The lowest BCUT2D eigenvalue weighted by molar-refractivity contribution is 0.0125. The van der Waals surface area contributed by atoms with Crippen molar-refractivity contribution in [1.82, 2.24) is 15.0 Å². The van der Waals surface area contributed by atoms with Crippen molar-refractivity contribution in [3.63, 3.8) is 0 Å². The van der Waals surface area contributed by atoms with Crippen molar-refractivity contribution < 1.29 is 9.53 Å². The molecule has 1 fully saturated rings. The zero-order valence-corrected chi connectivity index (χ0v) is 17.6. The second-order valence-corrected chi connectivity index (χ2v) is 8.15. The maximum Gasteiger partial charge on any atom is 0.405 e. The first-order chi connectivity index (χ1) is 14.3. The molecule has 1 aromatic carbocycles. The van der Waals surface area contributed by atoms with Crippen LogP contribution in [0.5, 0.6) is 0 Å². The van der Waals surface area contributed by atoms with Crippen molar-refractivity contribution in [2.45, 2.75) is 25.4 Å². The molecule has 0 unspecified atom stereocenters. The summed E-state index contributed by atoms with van der Waals surface area (Å²) < 4.78 is 5.24. The van der Waals surface area contributed by atoms with Crippen molar-refractivity contribution in [2.75, 3.05) is 18.0 Å². The fourth-order valence-corrected chi connectivity index (χ4v) is 4.09. The van der Waals surface area contributed by atoms with Crippen molar-refractivity contribution in [3.8, 4) is 17.2 Å². The molecule has 3 N–H and O–H groups in total. The van der Waals surface area contributed by atoms with Gasteiger partial charge in [0.05, 0.1) is 15.4 Å². The Hall–Kier alpha value is -3.02. The number of nitrogens with one attached hydrogen (secondary N) is 1. The number of carbonyl (C=O) groups excluding carboxylic acids is 1. The number of rotatable bonds is 3. The Kier molecular flexibility index (Phi) is 5.18. The first kappa shape index (κ1) is 20.3. The maximum absolute atomic E-state index is 11.1. The molecule has 1 amide bonds. The maximum atomic E-state index is 11.1. The molecule has 0 radical (unpaired) electrons. The molecule has 10 heteroatoms. The molecule has 1 aliphatic rings. The van der Waals surface area contributed by atoms with Crippen LogP contribution in [0.15, 0.2) is 24.4 Å². The standard InChI is InChI=1S/C20H18Cl2N6O2/c1-20(30-18(24)29)5-7-28(8-6-20)19-26-14(9-23)15-12(10-25-17(15)27-19)11-3-2-4-13(21)16(11)22/h2-4,10H,5-8H2,1H3,(H2,24,29)(H,25,26,27). The van der Waals surface area contributed by atoms with E-state index in [-0.39, 0.29) is 5.69 Å². The Labute approximate surface area is 182 Å². The van der Waals surface area contributed by atoms with Crippen LogP contribution < -0.4 is 10.6 Å². The van der Waals surface area contributed by atoms with E-state index in [1.165, 1.54) is 0 Å². The highest BCUT2D eigenvalue weighted by molar-refractivity contribution is 6.44. The number of hydrogen-bond acceptors (Lipinski definition) is 6. The number of anilines is 1. The highest BCUT2D eigenvalue weighted by Gasteiger charge is 2.34.